The Balaban J connectivity index is 1.49. The summed E-state index contributed by atoms with van der Waals surface area (Å²) in [5, 5.41) is 8.64. The molecule has 1 aliphatic heterocycles. The zero-order chi connectivity index (χ0) is 21.8. The first-order chi connectivity index (χ1) is 14.9. The molecule has 0 unspecified atom stereocenters. The van der Waals surface area contributed by atoms with Gasteiger partial charge in [0.2, 0.25) is 0 Å². The van der Waals surface area contributed by atoms with Crippen LogP contribution in [0, 0.1) is 11.6 Å². The Labute approximate surface area is 180 Å². The van der Waals surface area contributed by atoms with Gasteiger partial charge in [0.1, 0.15) is 11.6 Å². The second-order valence-corrected chi connectivity index (χ2v) is 9.03. The van der Waals surface area contributed by atoms with Crippen LogP contribution in [0.15, 0.2) is 59.5 Å². The number of hydrogen-bond acceptors (Lipinski definition) is 5. The molecule has 162 valence electrons. The molecule has 0 radical (unpaired) electrons. The predicted octanol–water partition coefficient (Wildman–Crippen LogP) is 4.60. The molecular formula is C22H22F2N4O2S. The van der Waals surface area contributed by atoms with E-state index in [1.54, 1.807) is 12.1 Å². The molecule has 2 aromatic carbocycles. The summed E-state index contributed by atoms with van der Waals surface area (Å²) in [6.07, 6.45) is 4.78. The molecule has 4 rings (SSSR count). The highest BCUT2D eigenvalue weighted by Crippen LogP contribution is 2.25. The number of nitrogens with zero attached hydrogens (tertiary/aromatic N) is 3. The summed E-state index contributed by atoms with van der Waals surface area (Å²) in [7, 11) is -4.41. The van der Waals surface area contributed by atoms with Crippen molar-refractivity contribution >= 4 is 21.5 Å². The van der Waals surface area contributed by atoms with Crippen molar-refractivity contribution in [3.8, 4) is 11.3 Å². The van der Waals surface area contributed by atoms with Crippen LogP contribution in [0.1, 0.15) is 25.7 Å². The number of halogens is 2. The van der Waals surface area contributed by atoms with Gasteiger partial charge in [-0.1, -0.05) is 31.0 Å². The second-order valence-electron chi connectivity index (χ2n) is 7.41. The molecule has 6 nitrogen and oxygen atoms in total. The lowest BCUT2D eigenvalue weighted by atomic mass is 10.1. The molecule has 1 saturated heterocycles. The number of aromatic nitrogens is 2. The number of rotatable bonds is 5. The van der Waals surface area contributed by atoms with Gasteiger partial charge in [-0.2, -0.15) is 0 Å². The van der Waals surface area contributed by atoms with Crippen LogP contribution in [0.25, 0.3) is 11.3 Å². The molecule has 1 aliphatic rings. The standard InChI is InChI=1S/C22H22F2N4O2S/c23-18-6-5-7-19(24)22(18)31(29,30)27-17-10-8-16(9-11-17)20-12-13-21(26-25-20)28-14-3-1-2-4-15-28/h5-13,27H,1-4,14-15H2. The quantitative estimate of drug-likeness (QED) is 0.622. The Bertz CT molecular complexity index is 1120. The number of benzene rings is 2. The molecule has 1 N–H and O–H groups in total. The smallest absolute Gasteiger partial charge is 0.267 e. The topological polar surface area (TPSA) is 75.2 Å². The third-order valence-electron chi connectivity index (χ3n) is 5.20. The maximum absolute atomic E-state index is 13.8. The summed E-state index contributed by atoms with van der Waals surface area (Å²) < 4.78 is 54.7. The zero-order valence-corrected chi connectivity index (χ0v) is 17.6. The Kier molecular flexibility index (Phi) is 6.13. The van der Waals surface area contributed by atoms with E-state index in [0.29, 0.717) is 5.69 Å². The van der Waals surface area contributed by atoms with Gasteiger partial charge >= 0.3 is 0 Å². The van der Waals surface area contributed by atoms with Crippen molar-refractivity contribution in [2.75, 3.05) is 22.7 Å². The highest BCUT2D eigenvalue weighted by molar-refractivity contribution is 7.92. The van der Waals surface area contributed by atoms with Crippen molar-refractivity contribution in [1.82, 2.24) is 10.2 Å². The molecule has 2 heterocycles. The fraction of sp³-hybridized carbons (Fsp3) is 0.273. The molecule has 0 spiro atoms. The minimum Gasteiger partial charge on any atom is -0.355 e. The van der Waals surface area contributed by atoms with Gasteiger partial charge < -0.3 is 4.90 Å². The zero-order valence-electron chi connectivity index (χ0n) is 16.8. The van der Waals surface area contributed by atoms with Crippen LogP contribution in [-0.2, 0) is 10.0 Å². The number of sulfonamides is 1. The molecule has 1 fully saturated rings. The van der Waals surface area contributed by atoms with E-state index < -0.39 is 26.6 Å². The van der Waals surface area contributed by atoms with E-state index in [1.807, 2.05) is 12.1 Å². The molecule has 3 aromatic rings. The lowest BCUT2D eigenvalue weighted by molar-refractivity contribution is 0.521. The van der Waals surface area contributed by atoms with Gasteiger partial charge in [-0.3, -0.25) is 4.72 Å². The Morgan fingerprint density at radius 2 is 1.45 bits per heavy atom. The van der Waals surface area contributed by atoms with Gasteiger partial charge in [0.15, 0.2) is 10.7 Å². The summed E-state index contributed by atoms with van der Waals surface area (Å²) in [5.74, 6) is -1.45. The third kappa shape index (κ3) is 4.82. The first kappa shape index (κ1) is 21.2. The van der Waals surface area contributed by atoms with Crippen LogP contribution in [0.4, 0.5) is 20.3 Å². The van der Waals surface area contributed by atoms with Crippen molar-refractivity contribution in [1.29, 1.82) is 0 Å². The van der Waals surface area contributed by atoms with Crippen LogP contribution in [0.2, 0.25) is 0 Å². The molecule has 9 heteroatoms. The van der Waals surface area contributed by atoms with Crippen LogP contribution in [0.5, 0.6) is 0 Å². The van der Waals surface area contributed by atoms with Gasteiger partial charge in [-0.05, 0) is 49.2 Å². The predicted molar refractivity (Wildman–Crippen MR) is 115 cm³/mol. The third-order valence-corrected chi connectivity index (χ3v) is 6.63. The minimum absolute atomic E-state index is 0.181. The number of nitrogens with one attached hydrogen (secondary N) is 1. The number of anilines is 2. The highest BCUT2D eigenvalue weighted by atomic mass is 32.2. The molecule has 1 aromatic heterocycles. The van der Waals surface area contributed by atoms with Crippen molar-refractivity contribution in [2.45, 2.75) is 30.6 Å². The fourth-order valence-electron chi connectivity index (χ4n) is 3.60. The van der Waals surface area contributed by atoms with E-state index in [2.05, 4.69) is 19.8 Å². The molecule has 0 atom stereocenters. The molecule has 0 saturated carbocycles. The van der Waals surface area contributed by atoms with Crippen molar-refractivity contribution in [2.24, 2.45) is 0 Å². The number of hydrogen-bond donors (Lipinski definition) is 1. The maximum Gasteiger partial charge on any atom is 0.267 e. The van der Waals surface area contributed by atoms with Crippen LogP contribution >= 0.6 is 0 Å². The summed E-state index contributed by atoms with van der Waals surface area (Å²) in [6, 6.07) is 13.1. The van der Waals surface area contributed by atoms with E-state index in [0.717, 1.165) is 55.5 Å². The van der Waals surface area contributed by atoms with Gasteiger partial charge in [-0.25, -0.2) is 17.2 Å². The Morgan fingerprint density at radius 1 is 0.806 bits per heavy atom. The summed E-state index contributed by atoms with van der Waals surface area (Å²) in [4.78, 5) is 1.23. The minimum atomic E-state index is -4.41. The van der Waals surface area contributed by atoms with Crippen molar-refractivity contribution < 1.29 is 17.2 Å². The second kappa shape index (κ2) is 8.97. The Morgan fingerprint density at radius 3 is 2.03 bits per heavy atom. The summed E-state index contributed by atoms with van der Waals surface area (Å²) >= 11 is 0. The van der Waals surface area contributed by atoms with Crippen LogP contribution < -0.4 is 9.62 Å². The fourth-order valence-corrected chi connectivity index (χ4v) is 4.80. The van der Waals surface area contributed by atoms with Crippen LogP contribution in [0.3, 0.4) is 0 Å². The van der Waals surface area contributed by atoms with E-state index in [1.165, 1.54) is 25.0 Å². The van der Waals surface area contributed by atoms with Crippen molar-refractivity contribution in [3.05, 3.63) is 66.2 Å². The SMILES string of the molecule is O=S(=O)(Nc1ccc(-c2ccc(N3CCCCCC3)nn2)cc1)c1c(F)cccc1F. The van der Waals surface area contributed by atoms with Gasteiger partial charge in [0, 0.05) is 24.3 Å². The Hall–Kier alpha value is -3.07. The van der Waals surface area contributed by atoms with E-state index in [4.69, 9.17) is 0 Å². The average molecular weight is 445 g/mol. The van der Waals surface area contributed by atoms with Crippen molar-refractivity contribution in [3.63, 3.8) is 0 Å². The van der Waals surface area contributed by atoms with Gasteiger partial charge in [0.25, 0.3) is 10.0 Å². The van der Waals surface area contributed by atoms with E-state index in [-0.39, 0.29) is 5.69 Å². The molecular weight excluding hydrogens is 422 g/mol. The maximum atomic E-state index is 13.8. The van der Waals surface area contributed by atoms with E-state index >= 15 is 0 Å². The molecule has 0 bridgehead atoms. The molecule has 0 aliphatic carbocycles. The normalized spacial score (nSPS) is 14.8. The van der Waals surface area contributed by atoms with E-state index in [9.17, 15) is 17.2 Å². The lowest BCUT2D eigenvalue weighted by Gasteiger charge is -2.20. The summed E-state index contributed by atoms with van der Waals surface area (Å²) in [6.45, 7) is 1.96. The first-order valence-electron chi connectivity index (χ1n) is 10.1. The largest absolute Gasteiger partial charge is 0.355 e. The first-order valence-corrected chi connectivity index (χ1v) is 11.6. The average Bonchev–Trinajstić information content (AvgIpc) is 3.03. The molecule has 0 amide bonds. The van der Waals surface area contributed by atoms with Crippen LogP contribution in [-0.4, -0.2) is 31.7 Å². The summed E-state index contributed by atoms with van der Waals surface area (Å²) in [5.41, 5.74) is 1.57. The lowest BCUT2D eigenvalue weighted by Crippen LogP contribution is -2.25. The molecule has 31 heavy (non-hydrogen) atoms. The van der Waals surface area contributed by atoms with Gasteiger partial charge in [-0.15, -0.1) is 10.2 Å². The van der Waals surface area contributed by atoms with Gasteiger partial charge in [0.05, 0.1) is 5.69 Å². The monoisotopic (exact) mass is 444 g/mol. The highest BCUT2D eigenvalue weighted by Gasteiger charge is 2.23.